The van der Waals surface area contributed by atoms with E-state index in [0.29, 0.717) is 50.5 Å². The molecule has 0 bridgehead atoms. The van der Waals surface area contributed by atoms with Crippen molar-refractivity contribution in [1.82, 2.24) is 9.62 Å². The molecule has 10 heteroatoms. The zero-order valence-corrected chi connectivity index (χ0v) is 17.2. The van der Waals surface area contributed by atoms with Crippen LogP contribution in [-0.4, -0.2) is 73.4 Å². The van der Waals surface area contributed by atoms with Crippen LogP contribution in [0.1, 0.15) is 18.4 Å². The van der Waals surface area contributed by atoms with Crippen LogP contribution in [0, 0.1) is 6.92 Å². The normalized spacial score (nSPS) is 21.3. The summed E-state index contributed by atoms with van der Waals surface area (Å²) in [4.78, 5) is 2.34. The standard InChI is InChI=1S/C17H27N3O5S2/c1-15-14-16(20-7-2-3-13-26(20,21)22)4-5-17(15)27(23,24)18-6-8-19-9-11-25-12-10-19/h4-5,14,18H,2-3,6-13H2,1H3. The lowest BCUT2D eigenvalue weighted by Crippen LogP contribution is -2.41. The van der Waals surface area contributed by atoms with Crippen molar-refractivity contribution in [2.24, 2.45) is 0 Å². The zero-order chi connectivity index (χ0) is 19.5. The largest absolute Gasteiger partial charge is 0.379 e. The van der Waals surface area contributed by atoms with Gasteiger partial charge in [0.2, 0.25) is 20.0 Å². The lowest BCUT2D eigenvalue weighted by Gasteiger charge is -2.28. The first-order valence-corrected chi connectivity index (χ1v) is 12.3. The maximum atomic E-state index is 12.6. The van der Waals surface area contributed by atoms with E-state index in [1.165, 1.54) is 10.4 Å². The second-order valence-electron chi connectivity index (χ2n) is 6.90. The molecule has 1 aromatic rings. The Kier molecular flexibility index (Phi) is 6.42. The summed E-state index contributed by atoms with van der Waals surface area (Å²) in [5.74, 6) is 0.134. The van der Waals surface area contributed by atoms with Crippen molar-refractivity contribution in [2.45, 2.75) is 24.7 Å². The van der Waals surface area contributed by atoms with Gasteiger partial charge in [0.15, 0.2) is 0 Å². The average Bonchev–Trinajstić information content (AvgIpc) is 2.62. The summed E-state index contributed by atoms with van der Waals surface area (Å²) in [6.45, 7) is 6.04. The van der Waals surface area contributed by atoms with Gasteiger partial charge in [0, 0.05) is 32.7 Å². The molecule has 1 aromatic carbocycles. The van der Waals surface area contributed by atoms with Crippen LogP contribution in [0.4, 0.5) is 5.69 Å². The lowest BCUT2D eigenvalue weighted by molar-refractivity contribution is 0.0390. The molecule has 152 valence electrons. The number of ether oxygens (including phenoxy) is 1. The molecule has 8 nitrogen and oxygen atoms in total. The van der Waals surface area contributed by atoms with Crippen LogP contribution in [0.3, 0.4) is 0 Å². The van der Waals surface area contributed by atoms with E-state index in [9.17, 15) is 16.8 Å². The molecular formula is C17H27N3O5S2. The molecule has 0 amide bonds. The van der Waals surface area contributed by atoms with Crippen molar-refractivity contribution in [3.8, 4) is 0 Å². The molecule has 3 rings (SSSR count). The number of rotatable bonds is 6. The summed E-state index contributed by atoms with van der Waals surface area (Å²) in [7, 11) is -6.96. The van der Waals surface area contributed by atoms with Crippen LogP contribution in [0.15, 0.2) is 23.1 Å². The number of morpholine rings is 1. The molecule has 2 fully saturated rings. The van der Waals surface area contributed by atoms with Gasteiger partial charge in [0.1, 0.15) is 0 Å². The number of aryl methyl sites for hydroxylation is 1. The van der Waals surface area contributed by atoms with E-state index >= 15 is 0 Å². The third-order valence-corrected chi connectivity index (χ3v) is 8.40. The monoisotopic (exact) mass is 417 g/mol. The molecule has 1 N–H and O–H groups in total. The molecule has 0 saturated carbocycles. The minimum Gasteiger partial charge on any atom is -0.379 e. The van der Waals surface area contributed by atoms with Crippen molar-refractivity contribution in [2.75, 3.05) is 56.0 Å². The Labute approximate surface area is 161 Å². The van der Waals surface area contributed by atoms with E-state index in [1.807, 2.05) is 0 Å². The van der Waals surface area contributed by atoms with Crippen LogP contribution in [0.5, 0.6) is 0 Å². The van der Waals surface area contributed by atoms with E-state index in [4.69, 9.17) is 4.74 Å². The minimum absolute atomic E-state index is 0.134. The minimum atomic E-state index is -3.64. The van der Waals surface area contributed by atoms with Gasteiger partial charge in [-0.05, 0) is 43.5 Å². The van der Waals surface area contributed by atoms with E-state index < -0.39 is 20.0 Å². The number of hydrogen-bond donors (Lipinski definition) is 1. The third-order valence-electron chi connectivity index (χ3n) is 4.91. The van der Waals surface area contributed by atoms with E-state index in [0.717, 1.165) is 19.5 Å². The van der Waals surface area contributed by atoms with Crippen LogP contribution >= 0.6 is 0 Å². The predicted molar refractivity (Wildman–Crippen MR) is 104 cm³/mol. The summed E-state index contributed by atoms with van der Waals surface area (Å²) < 4.78 is 59.0. The summed E-state index contributed by atoms with van der Waals surface area (Å²) in [5.41, 5.74) is 1.06. The molecular weight excluding hydrogens is 390 g/mol. The molecule has 2 saturated heterocycles. The maximum Gasteiger partial charge on any atom is 0.240 e. The van der Waals surface area contributed by atoms with Gasteiger partial charge in [-0.2, -0.15) is 0 Å². The number of hydrogen-bond acceptors (Lipinski definition) is 6. The zero-order valence-electron chi connectivity index (χ0n) is 15.6. The van der Waals surface area contributed by atoms with Gasteiger partial charge >= 0.3 is 0 Å². The van der Waals surface area contributed by atoms with Crippen molar-refractivity contribution < 1.29 is 21.6 Å². The fourth-order valence-corrected chi connectivity index (χ4v) is 6.29. The van der Waals surface area contributed by atoms with E-state index in [1.54, 1.807) is 19.1 Å². The van der Waals surface area contributed by atoms with Gasteiger partial charge in [0.25, 0.3) is 0 Å². The Balaban J connectivity index is 1.68. The fraction of sp³-hybridized carbons (Fsp3) is 0.647. The van der Waals surface area contributed by atoms with Crippen LogP contribution < -0.4 is 9.03 Å². The highest BCUT2D eigenvalue weighted by molar-refractivity contribution is 7.92. The Morgan fingerprint density at radius 3 is 2.56 bits per heavy atom. The molecule has 2 aliphatic heterocycles. The summed E-state index contributed by atoms with van der Waals surface area (Å²) >= 11 is 0. The Morgan fingerprint density at radius 2 is 1.89 bits per heavy atom. The second-order valence-corrected chi connectivity index (χ2v) is 10.6. The van der Waals surface area contributed by atoms with Gasteiger partial charge in [0.05, 0.1) is 29.5 Å². The number of benzene rings is 1. The highest BCUT2D eigenvalue weighted by atomic mass is 32.2. The first-order valence-electron chi connectivity index (χ1n) is 9.20. The molecule has 2 heterocycles. The number of nitrogens with one attached hydrogen (secondary N) is 1. The number of anilines is 1. The average molecular weight is 418 g/mol. The molecule has 0 aliphatic carbocycles. The topological polar surface area (TPSA) is 96.0 Å². The lowest BCUT2D eigenvalue weighted by atomic mass is 10.2. The van der Waals surface area contributed by atoms with Gasteiger partial charge in [-0.25, -0.2) is 21.6 Å². The highest BCUT2D eigenvalue weighted by Gasteiger charge is 2.27. The summed E-state index contributed by atoms with van der Waals surface area (Å²) in [6.07, 6.45) is 1.47. The maximum absolute atomic E-state index is 12.6. The summed E-state index contributed by atoms with van der Waals surface area (Å²) in [5, 5.41) is 0. The molecule has 2 aliphatic rings. The quantitative estimate of drug-likeness (QED) is 0.726. The van der Waals surface area contributed by atoms with Crippen molar-refractivity contribution in [1.29, 1.82) is 0 Å². The molecule has 0 spiro atoms. The molecule has 0 unspecified atom stereocenters. The second kappa shape index (κ2) is 8.44. The van der Waals surface area contributed by atoms with E-state index in [-0.39, 0.29) is 10.6 Å². The first kappa shape index (κ1) is 20.5. The highest BCUT2D eigenvalue weighted by Crippen LogP contribution is 2.27. The molecule has 27 heavy (non-hydrogen) atoms. The predicted octanol–water partition coefficient (Wildman–Crippen LogP) is 0.536. The number of sulfonamides is 2. The van der Waals surface area contributed by atoms with Gasteiger partial charge in [-0.1, -0.05) is 0 Å². The van der Waals surface area contributed by atoms with Crippen LogP contribution in [0.2, 0.25) is 0 Å². The first-order chi connectivity index (χ1) is 12.8. The van der Waals surface area contributed by atoms with Gasteiger partial charge < -0.3 is 4.74 Å². The smallest absolute Gasteiger partial charge is 0.240 e. The Hall–Kier alpha value is -1.20. The third kappa shape index (κ3) is 5.00. The molecule has 0 radical (unpaired) electrons. The summed E-state index contributed by atoms with van der Waals surface area (Å²) in [6, 6.07) is 4.71. The van der Waals surface area contributed by atoms with Gasteiger partial charge in [-0.3, -0.25) is 9.21 Å². The Bertz CT molecular complexity index is 865. The number of nitrogens with zero attached hydrogens (tertiary/aromatic N) is 2. The Morgan fingerprint density at radius 1 is 1.15 bits per heavy atom. The van der Waals surface area contributed by atoms with Crippen molar-refractivity contribution >= 4 is 25.7 Å². The fourth-order valence-electron chi connectivity index (χ4n) is 3.41. The SMILES string of the molecule is Cc1cc(N2CCCCS2(=O)=O)ccc1S(=O)(=O)NCCN1CCOCC1. The molecule has 0 aromatic heterocycles. The van der Waals surface area contributed by atoms with Crippen molar-refractivity contribution in [3.05, 3.63) is 23.8 Å². The van der Waals surface area contributed by atoms with Crippen molar-refractivity contribution in [3.63, 3.8) is 0 Å². The van der Waals surface area contributed by atoms with Crippen LogP contribution in [0.25, 0.3) is 0 Å². The van der Waals surface area contributed by atoms with Gasteiger partial charge in [-0.15, -0.1) is 0 Å². The molecule has 0 atom stereocenters. The van der Waals surface area contributed by atoms with E-state index in [2.05, 4.69) is 9.62 Å². The van der Waals surface area contributed by atoms with Crippen LogP contribution in [-0.2, 0) is 24.8 Å².